The highest BCUT2D eigenvalue weighted by Crippen LogP contribution is 2.40. The summed E-state index contributed by atoms with van der Waals surface area (Å²) in [6.45, 7) is 1.78. The summed E-state index contributed by atoms with van der Waals surface area (Å²) >= 11 is 0.899. The maximum Gasteiger partial charge on any atom is 0.416 e. The van der Waals surface area contributed by atoms with Crippen LogP contribution in [-0.2, 0) is 12.6 Å². The van der Waals surface area contributed by atoms with Crippen LogP contribution in [0.3, 0.4) is 0 Å². The molecule has 21 heavy (non-hydrogen) atoms. The van der Waals surface area contributed by atoms with Crippen LogP contribution in [0, 0.1) is 0 Å². The number of nitrogen functional groups attached to an aromatic ring is 1. The minimum Gasteiger partial charge on any atom is -0.477 e. The second kappa shape index (κ2) is 5.40. The Morgan fingerprint density at radius 3 is 2.57 bits per heavy atom. The minimum absolute atomic E-state index is 0.0424. The lowest BCUT2D eigenvalue weighted by Gasteiger charge is -2.09. The molecule has 0 aliphatic rings. The van der Waals surface area contributed by atoms with Gasteiger partial charge in [0.2, 0.25) is 0 Å². The average Bonchev–Trinajstić information content (AvgIpc) is 2.75. The molecule has 0 aliphatic carbocycles. The van der Waals surface area contributed by atoms with Crippen molar-refractivity contribution in [1.29, 1.82) is 0 Å². The van der Waals surface area contributed by atoms with Crippen molar-refractivity contribution in [2.24, 2.45) is 0 Å². The lowest BCUT2D eigenvalue weighted by Crippen LogP contribution is -2.04. The maximum atomic E-state index is 12.8. The third-order valence-electron chi connectivity index (χ3n) is 3.05. The minimum atomic E-state index is -4.44. The van der Waals surface area contributed by atoms with Gasteiger partial charge in [-0.3, -0.25) is 0 Å². The summed E-state index contributed by atoms with van der Waals surface area (Å²) in [5, 5.41) is 9.08. The van der Waals surface area contributed by atoms with Gasteiger partial charge < -0.3 is 10.8 Å². The smallest absolute Gasteiger partial charge is 0.416 e. The standard InChI is InChI=1S/C14H12F3NO2S/c1-2-9-10(18)12(13(19)20)21-11(9)7-4-3-5-8(6-7)14(15,16)17/h3-6H,2,18H2,1H3,(H,19,20). The fourth-order valence-electron chi connectivity index (χ4n) is 2.06. The van der Waals surface area contributed by atoms with Gasteiger partial charge in [0.1, 0.15) is 4.88 Å². The predicted molar refractivity (Wildman–Crippen MR) is 75.5 cm³/mol. The average molecular weight is 315 g/mol. The van der Waals surface area contributed by atoms with Gasteiger partial charge in [-0.2, -0.15) is 13.2 Å². The highest BCUT2D eigenvalue weighted by molar-refractivity contribution is 7.18. The van der Waals surface area contributed by atoms with Crippen LogP contribution in [0.15, 0.2) is 24.3 Å². The van der Waals surface area contributed by atoms with Crippen LogP contribution >= 0.6 is 11.3 Å². The Hall–Kier alpha value is -2.02. The van der Waals surface area contributed by atoms with Crippen LogP contribution in [0.25, 0.3) is 10.4 Å². The number of hydrogen-bond acceptors (Lipinski definition) is 3. The van der Waals surface area contributed by atoms with Crippen molar-refractivity contribution in [1.82, 2.24) is 0 Å². The topological polar surface area (TPSA) is 63.3 Å². The zero-order valence-corrected chi connectivity index (χ0v) is 11.8. The Bertz CT molecular complexity index is 692. The predicted octanol–water partition coefficient (Wildman–Crippen LogP) is 4.28. The van der Waals surface area contributed by atoms with Crippen molar-refractivity contribution >= 4 is 23.0 Å². The molecule has 0 aliphatic heterocycles. The van der Waals surface area contributed by atoms with Gasteiger partial charge >= 0.3 is 12.1 Å². The summed E-state index contributed by atoms with van der Waals surface area (Å²) in [6, 6.07) is 4.81. The van der Waals surface area contributed by atoms with Gasteiger partial charge in [0.15, 0.2) is 0 Å². The normalized spacial score (nSPS) is 11.6. The molecule has 0 spiro atoms. The summed E-state index contributed by atoms with van der Waals surface area (Å²) in [6.07, 6.45) is -4.00. The second-order valence-electron chi connectivity index (χ2n) is 4.39. The van der Waals surface area contributed by atoms with Crippen LogP contribution in [-0.4, -0.2) is 11.1 Å². The number of anilines is 1. The van der Waals surface area contributed by atoms with Gasteiger partial charge in [0.25, 0.3) is 0 Å². The van der Waals surface area contributed by atoms with Crippen molar-refractivity contribution < 1.29 is 23.1 Å². The number of carboxylic acids is 1. The highest BCUT2D eigenvalue weighted by Gasteiger charge is 2.31. The van der Waals surface area contributed by atoms with Gasteiger partial charge in [0.05, 0.1) is 11.3 Å². The number of nitrogens with two attached hydrogens (primary N) is 1. The first-order valence-electron chi connectivity index (χ1n) is 6.07. The quantitative estimate of drug-likeness (QED) is 0.888. The zero-order chi connectivity index (χ0) is 15.8. The Balaban J connectivity index is 2.62. The Morgan fingerprint density at radius 2 is 2.05 bits per heavy atom. The van der Waals surface area contributed by atoms with E-state index >= 15 is 0 Å². The van der Waals surface area contributed by atoms with E-state index in [0.717, 1.165) is 23.5 Å². The lowest BCUT2D eigenvalue weighted by atomic mass is 10.0. The summed E-state index contributed by atoms with van der Waals surface area (Å²) in [4.78, 5) is 11.5. The number of alkyl halides is 3. The molecule has 0 saturated heterocycles. The third-order valence-corrected chi connectivity index (χ3v) is 4.33. The summed E-state index contributed by atoms with van der Waals surface area (Å²) in [5.74, 6) is -1.18. The van der Waals surface area contributed by atoms with E-state index in [1.807, 2.05) is 0 Å². The number of carbonyl (C=O) groups is 1. The molecule has 0 fully saturated rings. The van der Waals surface area contributed by atoms with E-state index in [0.29, 0.717) is 22.4 Å². The molecular weight excluding hydrogens is 303 g/mol. The van der Waals surface area contributed by atoms with Crippen LogP contribution in [0.2, 0.25) is 0 Å². The van der Waals surface area contributed by atoms with Gasteiger partial charge in [-0.05, 0) is 29.7 Å². The summed E-state index contributed by atoms with van der Waals surface area (Å²) in [7, 11) is 0. The first-order chi connectivity index (χ1) is 9.75. The number of hydrogen-bond donors (Lipinski definition) is 2. The first kappa shape index (κ1) is 15.4. The Kier molecular flexibility index (Phi) is 3.95. The molecule has 0 unspecified atom stereocenters. The Morgan fingerprint density at radius 1 is 1.38 bits per heavy atom. The number of halogens is 3. The van der Waals surface area contributed by atoms with E-state index in [9.17, 15) is 18.0 Å². The van der Waals surface area contributed by atoms with Crippen LogP contribution in [0.1, 0.15) is 27.7 Å². The fourth-order valence-corrected chi connectivity index (χ4v) is 3.20. The first-order valence-corrected chi connectivity index (χ1v) is 6.89. The molecule has 3 nitrogen and oxygen atoms in total. The van der Waals surface area contributed by atoms with E-state index in [1.54, 1.807) is 6.92 Å². The molecule has 0 amide bonds. The summed E-state index contributed by atoms with van der Waals surface area (Å²) < 4.78 is 38.3. The third kappa shape index (κ3) is 2.87. The molecule has 0 bridgehead atoms. The molecule has 0 atom stereocenters. The van der Waals surface area contributed by atoms with E-state index in [4.69, 9.17) is 10.8 Å². The molecule has 2 aromatic rings. The number of aromatic carboxylic acids is 1. The summed E-state index contributed by atoms with van der Waals surface area (Å²) in [5.41, 5.74) is 6.03. The lowest BCUT2D eigenvalue weighted by molar-refractivity contribution is -0.137. The van der Waals surface area contributed by atoms with Crippen molar-refractivity contribution in [2.75, 3.05) is 5.73 Å². The van der Waals surface area contributed by atoms with Crippen molar-refractivity contribution in [2.45, 2.75) is 19.5 Å². The van der Waals surface area contributed by atoms with E-state index in [1.165, 1.54) is 12.1 Å². The highest BCUT2D eigenvalue weighted by atomic mass is 32.1. The molecule has 1 heterocycles. The van der Waals surface area contributed by atoms with Crippen LogP contribution in [0.5, 0.6) is 0 Å². The zero-order valence-electron chi connectivity index (χ0n) is 11.0. The molecule has 2 rings (SSSR count). The largest absolute Gasteiger partial charge is 0.477 e. The molecule has 0 saturated carbocycles. The van der Waals surface area contributed by atoms with E-state index in [-0.39, 0.29) is 10.6 Å². The van der Waals surface area contributed by atoms with Gasteiger partial charge in [-0.15, -0.1) is 11.3 Å². The van der Waals surface area contributed by atoms with Crippen molar-refractivity contribution in [3.63, 3.8) is 0 Å². The number of carboxylic acid groups (broad SMARTS) is 1. The second-order valence-corrected chi connectivity index (χ2v) is 5.41. The molecule has 1 aromatic carbocycles. The molecule has 112 valence electrons. The fraction of sp³-hybridized carbons (Fsp3) is 0.214. The monoisotopic (exact) mass is 315 g/mol. The van der Waals surface area contributed by atoms with Gasteiger partial charge in [0, 0.05) is 4.88 Å². The van der Waals surface area contributed by atoms with Crippen molar-refractivity contribution in [3.05, 3.63) is 40.3 Å². The number of thiophene rings is 1. The molecular formula is C14H12F3NO2S. The van der Waals surface area contributed by atoms with E-state index < -0.39 is 17.7 Å². The van der Waals surface area contributed by atoms with Crippen molar-refractivity contribution in [3.8, 4) is 10.4 Å². The molecule has 3 N–H and O–H groups in total. The van der Waals surface area contributed by atoms with Gasteiger partial charge in [-0.25, -0.2) is 4.79 Å². The maximum absolute atomic E-state index is 12.8. The Labute approximate surface area is 122 Å². The van der Waals surface area contributed by atoms with Crippen LogP contribution < -0.4 is 5.73 Å². The SMILES string of the molecule is CCc1c(-c2cccc(C(F)(F)F)c2)sc(C(=O)O)c1N. The molecule has 1 aromatic heterocycles. The molecule has 0 radical (unpaired) electrons. The van der Waals surface area contributed by atoms with Gasteiger partial charge in [-0.1, -0.05) is 19.1 Å². The van der Waals surface area contributed by atoms with E-state index in [2.05, 4.69) is 0 Å². The van der Waals surface area contributed by atoms with Crippen LogP contribution in [0.4, 0.5) is 18.9 Å². The molecule has 7 heteroatoms. The number of rotatable bonds is 3. The number of benzene rings is 1.